The van der Waals surface area contributed by atoms with Gasteiger partial charge in [0.25, 0.3) is 0 Å². The SMILES string of the molecule is C[CH]OC(O)CC. The second-order valence-corrected chi connectivity index (χ2v) is 1.23. The highest BCUT2D eigenvalue weighted by atomic mass is 16.6. The highest BCUT2D eigenvalue weighted by molar-refractivity contribution is 4.38. The number of ether oxygens (including phenoxy) is 1. The van der Waals surface area contributed by atoms with Crippen molar-refractivity contribution in [1.82, 2.24) is 0 Å². The van der Waals surface area contributed by atoms with Gasteiger partial charge in [0, 0.05) is 0 Å². The van der Waals surface area contributed by atoms with Crippen LogP contribution in [0.3, 0.4) is 0 Å². The van der Waals surface area contributed by atoms with Gasteiger partial charge in [0.1, 0.15) is 0 Å². The van der Waals surface area contributed by atoms with E-state index in [1.807, 2.05) is 6.92 Å². The Kier molecular flexibility index (Phi) is 4.04. The molecule has 43 valence electrons. The molecule has 0 rings (SSSR count). The first-order valence-corrected chi connectivity index (χ1v) is 2.42. The average molecular weight is 103 g/mol. The molecule has 0 heterocycles. The van der Waals surface area contributed by atoms with Gasteiger partial charge in [0.2, 0.25) is 0 Å². The minimum Gasteiger partial charge on any atom is -0.368 e. The van der Waals surface area contributed by atoms with Gasteiger partial charge in [-0.3, -0.25) is 0 Å². The summed E-state index contributed by atoms with van der Waals surface area (Å²) in [4.78, 5) is 0. The Morgan fingerprint density at radius 1 is 1.86 bits per heavy atom. The first-order chi connectivity index (χ1) is 3.31. The zero-order valence-electron chi connectivity index (χ0n) is 4.72. The lowest BCUT2D eigenvalue weighted by molar-refractivity contribution is -0.0702. The van der Waals surface area contributed by atoms with Crippen LogP contribution in [0.1, 0.15) is 20.3 Å². The van der Waals surface area contributed by atoms with Crippen LogP contribution < -0.4 is 0 Å². The van der Waals surface area contributed by atoms with Gasteiger partial charge in [-0.2, -0.15) is 0 Å². The molecule has 1 atom stereocenters. The van der Waals surface area contributed by atoms with Gasteiger partial charge < -0.3 is 9.84 Å². The van der Waals surface area contributed by atoms with Crippen LogP contribution in [0.4, 0.5) is 0 Å². The first kappa shape index (κ1) is 6.92. The lowest BCUT2D eigenvalue weighted by atomic mass is 10.5. The van der Waals surface area contributed by atoms with E-state index in [-0.39, 0.29) is 0 Å². The second kappa shape index (κ2) is 4.09. The molecule has 2 heteroatoms. The van der Waals surface area contributed by atoms with Crippen LogP contribution in [-0.2, 0) is 4.74 Å². The Hall–Kier alpha value is -0.0800. The quantitative estimate of drug-likeness (QED) is 0.538. The van der Waals surface area contributed by atoms with Gasteiger partial charge in [-0.15, -0.1) is 0 Å². The molecular weight excluding hydrogens is 92.1 g/mol. The van der Waals surface area contributed by atoms with Crippen molar-refractivity contribution in [1.29, 1.82) is 0 Å². The number of hydrogen-bond acceptors (Lipinski definition) is 2. The maximum Gasteiger partial charge on any atom is 0.154 e. The zero-order chi connectivity index (χ0) is 5.70. The summed E-state index contributed by atoms with van der Waals surface area (Å²) >= 11 is 0. The molecule has 0 saturated carbocycles. The number of hydrogen-bond donors (Lipinski definition) is 1. The normalized spacial score (nSPS) is 14.1. The van der Waals surface area contributed by atoms with Crippen molar-refractivity contribution in [2.75, 3.05) is 0 Å². The fraction of sp³-hybridized carbons (Fsp3) is 0.800. The fourth-order valence-corrected chi connectivity index (χ4v) is 0.253. The maximum absolute atomic E-state index is 8.60. The predicted octanol–water partition coefficient (Wildman–Crippen LogP) is 0.913. The Morgan fingerprint density at radius 2 is 2.43 bits per heavy atom. The monoisotopic (exact) mass is 103 g/mol. The summed E-state index contributed by atoms with van der Waals surface area (Å²) < 4.78 is 4.62. The van der Waals surface area contributed by atoms with Crippen LogP contribution in [0.5, 0.6) is 0 Å². The summed E-state index contributed by atoms with van der Waals surface area (Å²) in [5.74, 6) is 0. The molecule has 0 bridgehead atoms. The van der Waals surface area contributed by atoms with Crippen LogP contribution in [-0.4, -0.2) is 11.4 Å². The molecule has 0 amide bonds. The van der Waals surface area contributed by atoms with Crippen LogP contribution in [0, 0.1) is 6.61 Å². The largest absolute Gasteiger partial charge is 0.368 e. The third-order valence-electron chi connectivity index (χ3n) is 0.642. The molecule has 0 aliphatic carbocycles. The first-order valence-electron chi connectivity index (χ1n) is 2.42. The Morgan fingerprint density at radius 3 is 2.57 bits per heavy atom. The highest BCUT2D eigenvalue weighted by Crippen LogP contribution is 1.92. The third-order valence-corrected chi connectivity index (χ3v) is 0.642. The summed E-state index contributed by atoms with van der Waals surface area (Å²) in [6.45, 7) is 5.07. The predicted molar refractivity (Wildman–Crippen MR) is 27.4 cm³/mol. The van der Waals surface area contributed by atoms with Gasteiger partial charge in [-0.05, 0) is 13.3 Å². The molecular formula is C5H11O2. The van der Waals surface area contributed by atoms with Gasteiger partial charge >= 0.3 is 0 Å². The second-order valence-electron chi connectivity index (χ2n) is 1.23. The number of aliphatic hydroxyl groups is 1. The van der Waals surface area contributed by atoms with E-state index in [0.717, 1.165) is 0 Å². The Balaban J connectivity index is 2.83. The zero-order valence-corrected chi connectivity index (χ0v) is 4.72. The van der Waals surface area contributed by atoms with Crippen molar-refractivity contribution in [3.8, 4) is 0 Å². The fourth-order valence-electron chi connectivity index (χ4n) is 0.253. The van der Waals surface area contributed by atoms with E-state index in [2.05, 4.69) is 4.74 Å². The summed E-state index contributed by atoms with van der Waals surface area (Å²) in [6, 6.07) is 0. The lowest BCUT2D eigenvalue weighted by Gasteiger charge is -2.03. The van der Waals surface area contributed by atoms with Crippen LogP contribution in [0.2, 0.25) is 0 Å². The van der Waals surface area contributed by atoms with E-state index in [4.69, 9.17) is 5.11 Å². The van der Waals surface area contributed by atoms with Gasteiger partial charge in [-0.25, -0.2) is 0 Å². The van der Waals surface area contributed by atoms with Crippen molar-refractivity contribution in [2.45, 2.75) is 26.6 Å². The molecule has 1 radical (unpaired) electrons. The van der Waals surface area contributed by atoms with E-state index in [0.29, 0.717) is 6.42 Å². The summed E-state index contributed by atoms with van der Waals surface area (Å²) in [6.07, 6.45) is 0.0367. The number of rotatable bonds is 3. The highest BCUT2D eigenvalue weighted by Gasteiger charge is 1.94. The third kappa shape index (κ3) is 3.76. The molecule has 1 N–H and O–H groups in total. The molecule has 7 heavy (non-hydrogen) atoms. The van der Waals surface area contributed by atoms with Crippen molar-refractivity contribution in [2.24, 2.45) is 0 Å². The van der Waals surface area contributed by atoms with Gasteiger partial charge in [0.05, 0.1) is 6.61 Å². The summed E-state index contributed by atoms with van der Waals surface area (Å²) in [5, 5.41) is 8.60. The minimum atomic E-state index is -0.606. The topological polar surface area (TPSA) is 29.5 Å². The van der Waals surface area contributed by atoms with Gasteiger partial charge in [-0.1, -0.05) is 6.92 Å². The van der Waals surface area contributed by atoms with Crippen molar-refractivity contribution < 1.29 is 9.84 Å². The number of aliphatic hydroxyl groups excluding tert-OH is 1. The molecule has 0 aromatic heterocycles. The van der Waals surface area contributed by atoms with Crippen LogP contribution in [0.15, 0.2) is 0 Å². The molecule has 1 unspecified atom stereocenters. The van der Waals surface area contributed by atoms with Crippen molar-refractivity contribution in [3.63, 3.8) is 0 Å². The van der Waals surface area contributed by atoms with E-state index in [1.165, 1.54) is 6.61 Å². The average Bonchev–Trinajstić information content (AvgIpc) is 1.68. The van der Waals surface area contributed by atoms with E-state index in [1.54, 1.807) is 6.92 Å². The molecule has 0 fully saturated rings. The maximum atomic E-state index is 8.60. The Labute approximate surface area is 44.1 Å². The lowest BCUT2D eigenvalue weighted by Crippen LogP contribution is -2.06. The molecule has 0 spiro atoms. The van der Waals surface area contributed by atoms with E-state index in [9.17, 15) is 0 Å². The molecule has 0 aromatic rings. The van der Waals surface area contributed by atoms with Crippen molar-refractivity contribution in [3.05, 3.63) is 6.61 Å². The molecule has 2 nitrogen and oxygen atoms in total. The van der Waals surface area contributed by atoms with E-state index < -0.39 is 6.29 Å². The van der Waals surface area contributed by atoms with Gasteiger partial charge in [0.15, 0.2) is 6.29 Å². The molecule has 0 aliphatic rings. The Bertz CT molecular complexity index is 37.1. The van der Waals surface area contributed by atoms with Crippen LogP contribution in [0.25, 0.3) is 0 Å². The van der Waals surface area contributed by atoms with E-state index >= 15 is 0 Å². The molecule has 0 saturated heterocycles. The smallest absolute Gasteiger partial charge is 0.154 e. The standard InChI is InChI=1S/C5H11O2/c1-3-5(6)7-4-2/h4-6H,3H2,1-2H3. The minimum absolute atomic E-state index is 0.606. The van der Waals surface area contributed by atoms with Crippen molar-refractivity contribution >= 4 is 0 Å². The van der Waals surface area contributed by atoms with Crippen LogP contribution >= 0.6 is 0 Å². The molecule has 0 aliphatic heterocycles. The molecule has 0 aromatic carbocycles. The summed E-state index contributed by atoms with van der Waals surface area (Å²) in [7, 11) is 0. The summed E-state index contributed by atoms with van der Waals surface area (Å²) in [5.41, 5.74) is 0.